The lowest BCUT2D eigenvalue weighted by atomic mass is 10.2. The summed E-state index contributed by atoms with van der Waals surface area (Å²) in [7, 11) is 0. The van der Waals surface area contributed by atoms with Gasteiger partial charge in [-0.15, -0.1) is 0 Å². The Morgan fingerprint density at radius 1 is 1.14 bits per heavy atom. The van der Waals surface area contributed by atoms with Gasteiger partial charge in [-0.3, -0.25) is 9.78 Å². The molecule has 0 saturated carbocycles. The van der Waals surface area contributed by atoms with Gasteiger partial charge in [-0.25, -0.2) is 5.43 Å². The van der Waals surface area contributed by atoms with Crippen molar-refractivity contribution < 1.29 is 4.79 Å². The summed E-state index contributed by atoms with van der Waals surface area (Å²) >= 11 is 0. The number of hydrogen-bond donors (Lipinski definition) is 1. The molecule has 0 saturated heterocycles. The number of carbonyl (C=O) groups excluding carboxylic acids is 1. The average molecular weight is 291 g/mol. The molecule has 1 aromatic carbocycles. The van der Waals surface area contributed by atoms with E-state index in [9.17, 15) is 4.79 Å². The molecule has 4 heteroatoms. The van der Waals surface area contributed by atoms with Crippen LogP contribution in [0.3, 0.4) is 0 Å². The number of rotatable bonds is 5. The van der Waals surface area contributed by atoms with Crippen LogP contribution in [0.4, 0.5) is 0 Å². The molecular weight excluding hydrogens is 274 g/mol. The zero-order valence-corrected chi connectivity index (χ0v) is 12.3. The second-order valence-corrected chi connectivity index (χ2v) is 4.56. The molecule has 0 aliphatic carbocycles. The molecule has 0 bridgehead atoms. The summed E-state index contributed by atoms with van der Waals surface area (Å²) in [5.74, 6) is -0.277. The Balaban J connectivity index is 1.86. The van der Waals surface area contributed by atoms with Gasteiger partial charge in [0.25, 0.3) is 5.91 Å². The van der Waals surface area contributed by atoms with E-state index in [-0.39, 0.29) is 5.91 Å². The fourth-order valence-electron chi connectivity index (χ4n) is 1.66. The maximum Gasteiger partial charge on any atom is 0.272 e. The predicted octanol–water partition coefficient (Wildman–Crippen LogP) is 3.46. The molecule has 0 unspecified atom stereocenters. The predicted molar refractivity (Wildman–Crippen MR) is 89.4 cm³/mol. The standard InChI is InChI=1S/C18H17N3O/c1-15(8-5-6-11-16-9-3-2-4-10-16)20-21-18(22)17-12-7-13-19-14-17/h2-14H,1H3,(H,21,22)/b8-5+,11-6+,20-15-. The van der Waals surface area contributed by atoms with Crippen molar-refractivity contribution >= 4 is 17.7 Å². The fraction of sp³-hybridized carbons (Fsp3) is 0.0556. The van der Waals surface area contributed by atoms with Gasteiger partial charge in [-0.05, 0) is 30.7 Å². The van der Waals surface area contributed by atoms with Crippen LogP contribution in [0.25, 0.3) is 6.08 Å². The minimum atomic E-state index is -0.277. The molecule has 1 N–H and O–H groups in total. The van der Waals surface area contributed by atoms with Crippen molar-refractivity contribution in [3.63, 3.8) is 0 Å². The molecule has 2 aromatic rings. The van der Waals surface area contributed by atoms with Crippen LogP contribution in [0.2, 0.25) is 0 Å². The average Bonchev–Trinajstić information content (AvgIpc) is 2.58. The van der Waals surface area contributed by atoms with Crippen molar-refractivity contribution in [3.05, 3.63) is 84.2 Å². The van der Waals surface area contributed by atoms with E-state index in [4.69, 9.17) is 0 Å². The van der Waals surface area contributed by atoms with E-state index in [1.54, 1.807) is 18.3 Å². The Morgan fingerprint density at radius 2 is 1.95 bits per heavy atom. The lowest BCUT2D eigenvalue weighted by molar-refractivity contribution is 0.0954. The largest absolute Gasteiger partial charge is 0.272 e. The molecule has 22 heavy (non-hydrogen) atoms. The van der Waals surface area contributed by atoms with Gasteiger partial charge >= 0.3 is 0 Å². The number of aromatic nitrogens is 1. The van der Waals surface area contributed by atoms with E-state index >= 15 is 0 Å². The number of nitrogens with zero attached hydrogens (tertiary/aromatic N) is 2. The lowest BCUT2D eigenvalue weighted by Gasteiger charge is -1.99. The van der Waals surface area contributed by atoms with Crippen LogP contribution >= 0.6 is 0 Å². The maximum atomic E-state index is 11.8. The quantitative estimate of drug-likeness (QED) is 0.521. The molecule has 2 rings (SSSR count). The minimum Gasteiger partial charge on any atom is -0.267 e. The molecule has 0 spiro atoms. The van der Waals surface area contributed by atoms with Gasteiger partial charge < -0.3 is 0 Å². The highest BCUT2D eigenvalue weighted by molar-refractivity contribution is 5.97. The zero-order chi connectivity index (χ0) is 15.6. The molecule has 1 heterocycles. The second kappa shape index (κ2) is 8.32. The maximum absolute atomic E-state index is 11.8. The van der Waals surface area contributed by atoms with Crippen LogP contribution in [0.5, 0.6) is 0 Å². The van der Waals surface area contributed by atoms with Crippen LogP contribution < -0.4 is 5.43 Å². The highest BCUT2D eigenvalue weighted by Crippen LogP contribution is 2.00. The van der Waals surface area contributed by atoms with E-state index in [0.717, 1.165) is 5.56 Å². The number of hydrogen-bond acceptors (Lipinski definition) is 3. The lowest BCUT2D eigenvalue weighted by Crippen LogP contribution is -2.18. The first-order valence-electron chi connectivity index (χ1n) is 6.90. The van der Waals surface area contributed by atoms with Crippen molar-refractivity contribution in [1.82, 2.24) is 10.4 Å². The molecule has 4 nitrogen and oxygen atoms in total. The summed E-state index contributed by atoms with van der Waals surface area (Å²) < 4.78 is 0. The smallest absolute Gasteiger partial charge is 0.267 e. The van der Waals surface area contributed by atoms with Crippen LogP contribution in [0.15, 0.2) is 78.2 Å². The van der Waals surface area contributed by atoms with Crippen molar-refractivity contribution in [3.8, 4) is 0 Å². The summed E-state index contributed by atoms with van der Waals surface area (Å²) in [5, 5.41) is 4.01. The first-order valence-corrected chi connectivity index (χ1v) is 6.90. The third-order valence-electron chi connectivity index (χ3n) is 2.79. The SMILES string of the molecule is CC(/C=C/C=C/c1ccccc1)=N/NC(=O)c1cccnc1. The van der Waals surface area contributed by atoms with E-state index < -0.39 is 0 Å². The van der Waals surface area contributed by atoms with Crippen LogP contribution in [-0.2, 0) is 0 Å². The van der Waals surface area contributed by atoms with Crippen LogP contribution in [0, 0.1) is 0 Å². The summed E-state index contributed by atoms with van der Waals surface area (Å²) in [4.78, 5) is 15.7. The van der Waals surface area contributed by atoms with E-state index in [1.165, 1.54) is 6.20 Å². The Labute approximate surface area is 129 Å². The topological polar surface area (TPSA) is 54.4 Å². The normalized spacial score (nSPS) is 12.0. The number of nitrogens with one attached hydrogen (secondary N) is 1. The second-order valence-electron chi connectivity index (χ2n) is 4.56. The van der Waals surface area contributed by atoms with E-state index in [2.05, 4.69) is 15.5 Å². The number of allylic oxidation sites excluding steroid dienone is 3. The molecule has 0 radical (unpaired) electrons. The molecule has 0 fully saturated rings. The van der Waals surface area contributed by atoms with Gasteiger partial charge in [0.05, 0.1) is 11.3 Å². The van der Waals surface area contributed by atoms with Crippen molar-refractivity contribution in [1.29, 1.82) is 0 Å². The highest BCUT2D eigenvalue weighted by Gasteiger charge is 2.02. The van der Waals surface area contributed by atoms with Gasteiger partial charge in [0.2, 0.25) is 0 Å². The third kappa shape index (κ3) is 5.17. The minimum absolute atomic E-state index is 0.277. The molecule has 1 amide bonds. The first-order chi connectivity index (χ1) is 10.8. The number of hydrazone groups is 1. The monoisotopic (exact) mass is 291 g/mol. The number of pyridine rings is 1. The number of carbonyl (C=O) groups is 1. The highest BCUT2D eigenvalue weighted by atomic mass is 16.2. The molecular formula is C18H17N3O. The summed E-state index contributed by atoms with van der Waals surface area (Å²) in [6, 6.07) is 13.4. The molecule has 1 aromatic heterocycles. The van der Waals surface area contributed by atoms with E-state index in [0.29, 0.717) is 11.3 Å². The summed E-state index contributed by atoms with van der Waals surface area (Å²) in [5.41, 5.74) is 4.80. The van der Waals surface area contributed by atoms with Crippen molar-refractivity contribution in [2.45, 2.75) is 6.92 Å². The summed E-state index contributed by atoms with van der Waals surface area (Å²) in [6.45, 7) is 1.82. The third-order valence-corrected chi connectivity index (χ3v) is 2.79. The molecule has 110 valence electrons. The number of benzene rings is 1. The van der Waals surface area contributed by atoms with Crippen molar-refractivity contribution in [2.24, 2.45) is 5.10 Å². The Kier molecular flexibility index (Phi) is 5.81. The van der Waals surface area contributed by atoms with Gasteiger partial charge in [-0.2, -0.15) is 5.10 Å². The van der Waals surface area contributed by atoms with Gasteiger partial charge in [0.1, 0.15) is 0 Å². The van der Waals surface area contributed by atoms with Crippen molar-refractivity contribution in [2.75, 3.05) is 0 Å². The first kappa shape index (κ1) is 15.4. The van der Waals surface area contributed by atoms with Gasteiger partial charge in [0, 0.05) is 12.4 Å². The van der Waals surface area contributed by atoms with Gasteiger partial charge in [-0.1, -0.05) is 48.6 Å². The Bertz CT molecular complexity index is 689. The number of amides is 1. The fourth-order valence-corrected chi connectivity index (χ4v) is 1.66. The summed E-state index contributed by atoms with van der Waals surface area (Å²) in [6.07, 6.45) is 10.7. The molecule has 0 aliphatic heterocycles. The van der Waals surface area contributed by atoms with Gasteiger partial charge in [0.15, 0.2) is 0 Å². The van der Waals surface area contributed by atoms with E-state index in [1.807, 2.05) is 61.6 Å². The Hall–Kier alpha value is -3.01. The van der Waals surface area contributed by atoms with Crippen LogP contribution in [-0.4, -0.2) is 16.6 Å². The molecule has 0 aliphatic rings. The zero-order valence-electron chi connectivity index (χ0n) is 12.3. The molecule has 0 atom stereocenters. The Morgan fingerprint density at radius 3 is 2.68 bits per heavy atom. The van der Waals surface area contributed by atoms with Crippen LogP contribution in [0.1, 0.15) is 22.8 Å².